The Morgan fingerprint density at radius 3 is 2.70 bits per heavy atom. The van der Waals surface area contributed by atoms with Crippen molar-refractivity contribution in [3.8, 4) is 0 Å². The molecule has 2 aliphatic heterocycles. The monoisotopic (exact) mass is 297 g/mol. The summed E-state index contributed by atoms with van der Waals surface area (Å²) in [5.74, 6) is 1.72. The van der Waals surface area contributed by atoms with Gasteiger partial charge in [0, 0.05) is 25.3 Å². The smallest absolute Gasteiger partial charge is 0.236 e. The first-order valence-electron chi connectivity index (χ1n) is 8.15. The number of carbonyl (C=O) groups is 1. The lowest BCUT2D eigenvalue weighted by Gasteiger charge is -2.35. The van der Waals surface area contributed by atoms with Crippen LogP contribution >= 0.6 is 11.8 Å². The van der Waals surface area contributed by atoms with Crippen molar-refractivity contribution in [1.29, 1.82) is 0 Å². The first-order chi connectivity index (χ1) is 9.72. The van der Waals surface area contributed by atoms with E-state index in [0.717, 1.165) is 32.0 Å². The van der Waals surface area contributed by atoms with Crippen LogP contribution < -0.4 is 0 Å². The zero-order valence-corrected chi connectivity index (χ0v) is 13.5. The summed E-state index contributed by atoms with van der Waals surface area (Å²) in [6, 6.07) is 0.999. The first kappa shape index (κ1) is 14.7. The molecule has 3 nitrogen and oxygen atoms in total. The Morgan fingerprint density at radius 1 is 1.25 bits per heavy atom. The molecule has 1 saturated carbocycles. The van der Waals surface area contributed by atoms with Crippen LogP contribution in [0.5, 0.6) is 0 Å². The standard InChI is InChI=1S/C16H27NO2S/c1-11-10-13-4-3-5-14(13)17(11)16(18)15(20-2)12-6-8-19-9-7-12/h11-15H,3-10H2,1-2H3/t11-,13?,14?,15?/m1/s1. The van der Waals surface area contributed by atoms with Gasteiger partial charge in [0.2, 0.25) is 5.91 Å². The molecule has 3 aliphatic rings. The number of hydrogen-bond donors (Lipinski definition) is 0. The predicted molar refractivity (Wildman–Crippen MR) is 82.9 cm³/mol. The van der Waals surface area contributed by atoms with Crippen LogP contribution in [-0.4, -0.2) is 47.6 Å². The number of ether oxygens (including phenoxy) is 1. The highest BCUT2D eigenvalue weighted by Gasteiger charge is 2.46. The van der Waals surface area contributed by atoms with Gasteiger partial charge in [0.1, 0.15) is 0 Å². The summed E-state index contributed by atoms with van der Waals surface area (Å²) < 4.78 is 5.46. The van der Waals surface area contributed by atoms with Gasteiger partial charge >= 0.3 is 0 Å². The molecule has 4 heteroatoms. The van der Waals surface area contributed by atoms with Gasteiger partial charge in [-0.3, -0.25) is 4.79 Å². The van der Waals surface area contributed by atoms with E-state index in [0.29, 0.717) is 23.9 Å². The van der Waals surface area contributed by atoms with Crippen LogP contribution in [-0.2, 0) is 9.53 Å². The molecular formula is C16H27NO2S. The van der Waals surface area contributed by atoms with E-state index in [2.05, 4.69) is 18.1 Å². The Kier molecular flexibility index (Phi) is 4.61. The Hall–Kier alpha value is -0.220. The molecule has 2 heterocycles. The Labute approximate surface area is 126 Å². The van der Waals surface area contributed by atoms with Crippen LogP contribution in [0.3, 0.4) is 0 Å². The van der Waals surface area contributed by atoms with E-state index >= 15 is 0 Å². The molecule has 114 valence electrons. The van der Waals surface area contributed by atoms with E-state index in [1.54, 1.807) is 11.8 Å². The minimum atomic E-state index is 0.153. The predicted octanol–water partition coefficient (Wildman–Crippen LogP) is 2.93. The van der Waals surface area contributed by atoms with E-state index < -0.39 is 0 Å². The Bertz CT molecular complexity index is 356. The third kappa shape index (κ3) is 2.61. The highest BCUT2D eigenvalue weighted by Crippen LogP contribution is 2.42. The molecule has 4 atom stereocenters. The minimum Gasteiger partial charge on any atom is -0.381 e. The highest BCUT2D eigenvalue weighted by atomic mass is 32.2. The molecule has 0 spiro atoms. The van der Waals surface area contributed by atoms with Crippen molar-refractivity contribution in [3.63, 3.8) is 0 Å². The largest absolute Gasteiger partial charge is 0.381 e. The second-order valence-electron chi connectivity index (χ2n) is 6.69. The number of fused-ring (bicyclic) bond motifs is 1. The summed E-state index contributed by atoms with van der Waals surface area (Å²) >= 11 is 1.76. The molecule has 0 radical (unpaired) electrons. The fourth-order valence-electron chi connectivity index (χ4n) is 4.58. The van der Waals surface area contributed by atoms with Crippen molar-refractivity contribution in [2.45, 2.75) is 62.8 Å². The van der Waals surface area contributed by atoms with Gasteiger partial charge in [-0.25, -0.2) is 0 Å². The topological polar surface area (TPSA) is 29.5 Å². The van der Waals surface area contributed by atoms with Crippen LogP contribution in [0.15, 0.2) is 0 Å². The van der Waals surface area contributed by atoms with Crippen molar-refractivity contribution >= 4 is 17.7 Å². The lowest BCUT2D eigenvalue weighted by atomic mass is 9.95. The molecule has 3 rings (SSSR count). The number of thioether (sulfide) groups is 1. The summed E-state index contributed by atoms with van der Waals surface area (Å²) in [6.45, 7) is 3.91. The number of amides is 1. The van der Waals surface area contributed by atoms with Gasteiger partial charge in [0.15, 0.2) is 0 Å². The Morgan fingerprint density at radius 2 is 2.00 bits per heavy atom. The summed E-state index contributed by atoms with van der Waals surface area (Å²) in [4.78, 5) is 15.4. The lowest BCUT2D eigenvalue weighted by Crippen LogP contribution is -2.47. The maximum absolute atomic E-state index is 13.1. The second-order valence-corrected chi connectivity index (χ2v) is 7.67. The summed E-state index contributed by atoms with van der Waals surface area (Å²) in [5.41, 5.74) is 0. The number of nitrogens with zero attached hydrogens (tertiary/aromatic N) is 1. The molecule has 20 heavy (non-hydrogen) atoms. The molecule has 0 aromatic carbocycles. The van der Waals surface area contributed by atoms with Crippen molar-refractivity contribution in [3.05, 3.63) is 0 Å². The molecule has 0 N–H and O–H groups in total. The average molecular weight is 297 g/mol. The third-order valence-electron chi connectivity index (χ3n) is 5.54. The summed E-state index contributed by atoms with van der Waals surface area (Å²) in [6.07, 6.45) is 9.31. The number of likely N-dealkylation sites (tertiary alicyclic amines) is 1. The van der Waals surface area contributed by atoms with Crippen molar-refractivity contribution in [1.82, 2.24) is 4.90 Å². The summed E-state index contributed by atoms with van der Waals surface area (Å²) in [7, 11) is 0. The molecular weight excluding hydrogens is 270 g/mol. The molecule has 3 unspecified atom stereocenters. The van der Waals surface area contributed by atoms with Crippen LogP contribution in [0.2, 0.25) is 0 Å². The fraction of sp³-hybridized carbons (Fsp3) is 0.938. The van der Waals surface area contributed by atoms with Gasteiger partial charge < -0.3 is 9.64 Å². The van der Waals surface area contributed by atoms with E-state index in [-0.39, 0.29) is 5.25 Å². The van der Waals surface area contributed by atoms with Gasteiger partial charge in [-0.15, -0.1) is 0 Å². The van der Waals surface area contributed by atoms with Gasteiger partial charge in [0.25, 0.3) is 0 Å². The first-order valence-corrected chi connectivity index (χ1v) is 9.44. The second kappa shape index (κ2) is 6.27. The number of carbonyl (C=O) groups excluding carboxylic acids is 1. The van der Waals surface area contributed by atoms with Crippen LogP contribution in [0.25, 0.3) is 0 Å². The lowest BCUT2D eigenvalue weighted by molar-refractivity contribution is -0.134. The average Bonchev–Trinajstić information content (AvgIpc) is 3.00. The van der Waals surface area contributed by atoms with Gasteiger partial charge in [-0.05, 0) is 57.1 Å². The van der Waals surface area contributed by atoms with Crippen LogP contribution in [0.4, 0.5) is 0 Å². The molecule has 1 aliphatic carbocycles. The maximum Gasteiger partial charge on any atom is 0.236 e. The zero-order chi connectivity index (χ0) is 14.1. The normalized spacial score (nSPS) is 36.1. The zero-order valence-electron chi connectivity index (χ0n) is 12.7. The van der Waals surface area contributed by atoms with Gasteiger partial charge in [-0.1, -0.05) is 6.42 Å². The Balaban J connectivity index is 1.72. The molecule has 0 aromatic heterocycles. The number of rotatable bonds is 3. The van der Waals surface area contributed by atoms with Crippen molar-refractivity contribution in [2.75, 3.05) is 19.5 Å². The quantitative estimate of drug-likeness (QED) is 0.802. The van der Waals surface area contributed by atoms with Gasteiger partial charge in [0.05, 0.1) is 5.25 Å². The molecule has 2 saturated heterocycles. The SMILES string of the molecule is CSC(C(=O)N1C2CCCC2C[C@H]1C)C1CCOCC1. The maximum atomic E-state index is 13.1. The van der Waals surface area contributed by atoms with Crippen molar-refractivity contribution in [2.24, 2.45) is 11.8 Å². The molecule has 3 fully saturated rings. The number of hydrogen-bond acceptors (Lipinski definition) is 3. The van der Waals surface area contributed by atoms with E-state index in [1.807, 2.05) is 0 Å². The molecule has 0 bridgehead atoms. The van der Waals surface area contributed by atoms with E-state index in [1.165, 1.54) is 25.7 Å². The third-order valence-corrected chi connectivity index (χ3v) is 6.64. The van der Waals surface area contributed by atoms with Gasteiger partial charge in [-0.2, -0.15) is 11.8 Å². The van der Waals surface area contributed by atoms with Crippen LogP contribution in [0.1, 0.15) is 45.4 Å². The minimum absolute atomic E-state index is 0.153. The molecule has 1 amide bonds. The van der Waals surface area contributed by atoms with E-state index in [4.69, 9.17) is 4.74 Å². The van der Waals surface area contributed by atoms with Crippen molar-refractivity contribution < 1.29 is 9.53 Å². The summed E-state index contributed by atoms with van der Waals surface area (Å²) in [5, 5.41) is 0.153. The highest BCUT2D eigenvalue weighted by molar-refractivity contribution is 7.99. The van der Waals surface area contributed by atoms with Crippen LogP contribution in [0, 0.1) is 11.8 Å². The molecule has 0 aromatic rings. The van der Waals surface area contributed by atoms with E-state index in [9.17, 15) is 4.79 Å². The fourth-order valence-corrected chi connectivity index (χ4v) is 5.56.